The first-order valence-electron chi connectivity index (χ1n) is 8.90. The van der Waals surface area contributed by atoms with E-state index in [0.29, 0.717) is 12.5 Å². The summed E-state index contributed by atoms with van der Waals surface area (Å²) in [5.74, 6) is 2.06. The number of rotatable bonds is 5. The van der Waals surface area contributed by atoms with Crippen molar-refractivity contribution in [3.05, 3.63) is 41.7 Å². The molecule has 2 atom stereocenters. The molecule has 0 bridgehead atoms. The molecule has 0 saturated heterocycles. The van der Waals surface area contributed by atoms with Crippen molar-refractivity contribution < 1.29 is 9.52 Å². The number of furan rings is 1. The van der Waals surface area contributed by atoms with Gasteiger partial charge in [0.25, 0.3) is 0 Å². The maximum Gasteiger partial charge on any atom is 0.146 e. The number of hydrogen-bond donors (Lipinski definition) is 2. The second kappa shape index (κ2) is 6.52. The van der Waals surface area contributed by atoms with Gasteiger partial charge in [0, 0.05) is 18.2 Å². The highest BCUT2D eigenvalue weighted by Crippen LogP contribution is 2.31. The molecule has 0 radical (unpaired) electrons. The Labute approximate surface area is 146 Å². The average Bonchev–Trinajstić information content (AvgIpc) is 3.32. The van der Waals surface area contributed by atoms with E-state index in [1.165, 1.54) is 5.56 Å². The van der Waals surface area contributed by atoms with Gasteiger partial charge in [-0.05, 0) is 44.4 Å². The van der Waals surface area contributed by atoms with Crippen molar-refractivity contribution in [2.45, 2.75) is 45.8 Å². The minimum Gasteiger partial charge on any atom is -0.467 e. The van der Waals surface area contributed by atoms with Crippen LogP contribution in [-0.2, 0) is 6.54 Å². The molecule has 2 N–H and O–H groups in total. The molecule has 1 aliphatic rings. The van der Waals surface area contributed by atoms with Crippen LogP contribution in [0.2, 0.25) is 0 Å². The van der Waals surface area contributed by atoms with Crippen LogP contribution in [0, 0.1) is 19.8 Å². The number of anilines is 1. The number of fused-ring (bicyclic) bond motifs is 1. The van der Waals surface area contributed by atoms with E-state index in [1.54, 1.807) is 12.6 Å². The molecule has 1 aliphatic carbocycles. The van der Waals surface area contributed by atoms with E-state index < -0.39 is 0 Å². The van der Waals surface area contributed by atoms with Crippen LogP contribution in [0.15, 0.2) is 29.1 Å². The smallest absolute Gasteiger partial charge is 0.146 e. The van der Waals surface area contributed by atoms with E-state index in [9.17, 15) is 5.11 Å². The van der Waals surface area contributed by atoms with Crippen LogP contribution in [0.3, 0.4) is 0 Å². The Morgan fingerprint density at radius 2 is 2.20 bits per heavy atom. The van der Waals surface area contributed by atoms with Crippen LogP contribution in [0.5, 0.6) is 0 Å². The number of aliphatic hydroxyl groups excluding tert-OH is 1. The lowest BCUT2D eigenvalue weighted by molar-refractivity contribution is 0.138. The lowest BCUT2D eigenvalue weighted by Crippen LogP contribution is -2.22. The standard InChI is InChI=1S/C19H24N4O2/c1-12-13(2)23(10-15-6-4-8-25-15)19-17(12)18(21-11-22-19)20-9-14-5-3-7-16(14)24/h4,6,8,11,14,16,24H,3,5,7,9-10H2,1-2H3,(H,20,21,22). The number of aromatic nitrogens is 3. The van der Waals surface area contributed by atoms with Gasteiger partial charge in [-0.1, -0.05) is 6.42 Å². The molecular weight excluding hydrogens is 316 g/mol. The first-order chi connectivity index (χ1) is 12.1. The Morgan fingerprint density at radius 3 is 2.92 bits per heavy atom. The number of aliphatic hydroxyl groups is 1. The molecule has 132 valence electrons. The molecule has 4 rings (SSSR count). The lowest BCUT2D eigenvalue weighted by atomic mass is 10.1. The maximum atomic E-state index is 10.0. The summed E-state index contributed by atoms with van der Waals surface area (Å²) in [6, 6.07) is 3.88. The molecule has 1 saturated carbocycles. The van der Waals surface area contributed by atoms with Crippen LogP contribution in [0.4, 0.5) is 5.82 Å². The van der Waals surface area contributed by atoms with Gasteiger partial charge >= 0.3 is 0 Å². The second-order valence-corrected chi connectivity index (χ2v) is 6.94. The van der Waals surface area contributed by atoms with E-state index in [1.807, 2.05) is 12.1 Å². The second-order valence-electron chi connectivity index (χ2n) is 6.94. The fraction of sp³-hybridized carbons (Fsp3) is 0.474. The summed E-state index contributed by atoms with van der Waals surface area (Å²) in [6.07, 6.45) is 6.18. The molecule has 6 heteroatoms. The van der Waals surface area contributed by atoms with E-state index in [-0.39, 0.29) is 6.10 Å². The minimum absolute atomic E-state index is 0.198. The predicted molar refractivity (Wildman–Crippen MR) is 96.6 cm³/mol. The molecule has 0 aliphatic heterocycles. The first kappa shape index (κ1) is 16.1. The number of hydrogen-bond acceptors (Lipinski definition) is 5. The summed E-state index contributed by atoms with van der Waals surface area (Å²) in [6.45, 7) is 5.61. The molecule has 0 amide bonds. The molecule has 2 unspecified atom stereocenters. The van der Waals surface area contributed by atoms with Crippen LogP contribution in [-0.4, -0.2) is 32.3 Å². The lowest BCUT2D eigenvalue weighted by Gasteiger charge is -2.16. The molecule has 3 aromatic rings. The van der Waals surface area contributed by atoms with Crippen molar-refractivity contribution in [3.8, 4) is 0 Å². The summed E-state index contributed by atoms with van der Waals surface area (Å²) in [7, 11) is 0. The SMILES string of the molecule is Cc1c(C)n(Cc2ccco2)c2ncnc(NCC3CCCC3O)c12. The molecule has 3 heterocycles. The average molecular weight is 340 g/mol. The van der Waals surface area contributed by atoms with Crippen molar-refractivity contribution in [2.75, 3.05) is 11.9 Å². The van der Waals surface area contributed by atoms with Gasteiger partial charge in [0.1, 0.15) is 23.6 Å². The fourth-order valence-corrected chi connectivity index (χ4v) is 3.84. The van der Waals surface area contributed by atoms with Crippen LogP contribution in [0.25, 0.3) is 11.0 Å². The third kappa shape index (κ3) is 2.91. The zero-order valence-electron chi connectivity index (χ0n) is 14.7. The zero-order chi connectivity index (χ0) is 17.4. The molecule has 6 nitrogen and oxygen atoms in total. The van der Waals surface area contributed by atoms with Gasteiger partial charge in [0.15, 0.2) is 0 Å². The van der Waals surface area contributed by atoms with Gasteiger partial charge in [0.2, 0.25) is 0 Å². The zero-order valence-corrected chi connectivity index (χ0v) is 14.7. The third-order valence-electron chi connectivity index (χ3n) is 5.45. The van der Waals surface area contributed by atoms with Gasteiger partial charge < -0.3 is 19.4 Å². The minimum atomic E-state index is -0.198. The van der Waals surface area contributed by atoms with E-state index in [2.05, 4.69) is 33.7 Å². The largest absolute Gasteiger partial charge is 0.467 e. The summed E-state index contributed by atoms with van der Waals surface area (Å²) in [5, 5.41) is 14.5. The molecule has 1 fully saturated rings. The van der Waals surface area contributed by atoms with Crippen molar-refractivity contribution in [1.82, 2.24) is 14.5 Å². The highest BCUT2D eigenvalue weighted by molar-refractivity contribution is 5.91. The fourth-order valence-electron chi connectivity index (χ4n) is 3.84. The van der Waals surface area contributed by atoms with Gasteiger partial charge in [-0.15, -0.1) is 0 Å². The van der Waals surface area contributed by atoms with E-state index in [0.717, 1.165) is 54.1 Å². The van der Waals surface area contributed by atoms with Gasteiger partial charge in [0.05, 0.1) is 24.3 Å². The Morgan fingerprint density at radius 1 is 1.32 bits per heavy atom. The highest BCUT2D eigenvalue weighted by atomic mass is 16.3. The van der Waals surface area contributed by atoms with Crippen LogP contribution >= 0.6 is 0 Å². The van der Waals surface area contributed by atoms with E-state index >= 15 is 0 Å². The number of nitrogens with zero attached hydrogens (tertiary/aromatic N) is 3. The number of aryl methyl sites for hydroxylation is 1. The van der Waals surface area contributed by atoms with Crippen molar-refractivity contribution in [1.29, 1.82) is 0 Å². The third-order valence-corrected chi connectivity index (χ3v) is 5.45. The van der Waals surface area contributed by atoms with Crippen molar-refractivity contribution >= 4 is 16.9 Å². The van der Waals surface area contributed by atoms with Crippen LogP contribution in [0.1, 0.15) is 36.3 Å². The molecule has 0 aromatic carbocycles. The highest BCUT2D eigenvalue weighted by Gasteiger charge is 2.25. The van der Waals surface area contributed by atoms with Gasteiger partial charge in [-0.2, -0.15) is 0 Å². The first-order valence-corrected chi connectivity index (χ1v) is 8.90. The van der Waals surface area contributed by atoms with Crippen molar-refractivity contribution in [2.24, 2.45) is 5.92 Å². The summed E-state index contributed by atoms with van der Waals surface area (Å²) >= 11 is 0. The monoisotopic (exact) mass is 340 g/mol. The maximum absolute atomic E-state index is 10.0. The molecule has 3 aromatic heterocycles. The van der Waals surface area contributed by atoms with E-state index in [4.69, 9.17) is 4.42 Å². The van der Waals surface area contributed by atoms with Crippen LogP contribution < -0.4 is 5.32 Å². The Bertz CT molecular complexity index is 869. The summed E-state index contributed by atoms with van der Waals surface area (Å²) in [5.41, 5.74) is 3.25. The summed E-state index contributed by atoms with van der Waals surface area (Å²) < 4.78 is 7.67. The van der Waals surface area contributed by atoms with Crippen molar-refractivity contribution in [3.63, 3.8) is 0 Å². The quantitative estimate of drug-likeness (QED) is 0.745. The molecule has 25 heavy (non-hydrogen) atoms. The topological polar surface area (TPSA) is 76.1 Å². The normalized spacial score (nSPS) is 20.4. The predicted octanol–water partition coefficient (Wildman–Crippen LogP) is 3.26. The van der Waals surface area contributed by atoms with Gasteiger partial charge in [-0.25, -0.2) is 9.97 Å². The summed E-state index contributed by atoms with van der Waals surface area (Å²) in [4.78, 5) is 8.98. The molecular formula is C19H24N4O2. The van der Waals surface area contributed by atoms with Gasteiger partial charge in [-0.3, -0.25) is 0 Å². The Hall–Kier alpha value is -2.34. The number of nitrogens with one attached hydrogen (secondary N) is 1. The Kier molecular flexibility index (Phi) is 4.21. The Balaban J connectivity index is 1.66. The molecule has 0 spiro atoms.